The van der Waals surface area contributed by atoms with Gasteiger partial charge in [-0.15, -0.1) is 0 Å². The predicted octanol–water partition coefficient (Wildman–Crippen LogP) is 0.861. The van der Waals surface area contributed by atoms with Crippen molar-refractivity contribution in [3.63, 3.8) is 0 Å². The van der Waals surface area contributed by atoms with Gasteiger partial charge in [0.15, 0.2) is 0 Å². The number of hydrogen-bond acceptors (Lipinski definition) is 3. The lowest BCUT2D eigenvalue weighted by Gasteiger charge is -1.98. The number of aliphatic imine (C=N–C) groups is 1. The van der Waals surface area contributed by atoms with E-state index in [1.54, 1.807) is 12.4 Å². The highest BCUT2D eigenvalue weighted by Gasteiger charge is 1.96. The van der Waals surface area contributed by atoms with Crippen molar-refractivity contribution in [1.82, 2.24) is 9.55 Å². The number of nitrogens with two attached hydrogens (primary N) is 1. The van der Waals surface area contributed by atoms with Crippen LogP contribution in [0.1, 0.15) is 12.7 Å². The van der Waals surface area contributed by atoms with E-state index in [9.17, 15) is 0 Å². The van der Waals surface area contributed by atoms with E-state index < -0.39 is 0 Å². The van der Waals surface area contributed by atoms with Crippen molar-refractivity contribution in [2.75, 3.05) is 0 Å². The van der Waals surface area contributed by atoms with Gasteiger partial charge in [0.25, 0.3) is 0 Å². The summed E-state index contributed by atoms with van der Waals surface area (Å²) in [6.07, 6.45) is 6.12. The summed E-state index contributed by atoms with van der Waals surface area (Å²) in [5.41, 5.74) is 5.47. The molecule has 0 fully saturated rings. The van der Waals surface area contributed by atoms with Gasteiger partial charge in [-0.2, -0.15) is 0 Å². The Bertz CT molecular complexity index is 298. The van der Waals surface area contributed by atoms with Gasteiger partial charge in [-0.05, 0) is 6.72 Å². The van der Waals surface area contributed by atoms with E-state index >= 15 is 0 Å². The van der Waals surface area contributed by atoms with Crippen LogP contribution in [0, 0.1) is 0 Å². The Balaban J connectivity index is 2.94. The van der Waals surface area contributed by atoms with E-state index in [1.165, 1.54) is 0 Å². The lowest BCUT2D eigenvalue weighted by molar-refractivity contribution is 0.917. The molecule has 0 amide bonds. The zero-order valence-electron chi connectivity index (χ0n) is 7.07. The number of aromatic nitrogens is 2. The van der Waals surface area contributed by atoms with Gasteiger partial charge in [0.2, 0.25) is 0 Å². The predicted molar refractivity (Wildman–Crippen MR) is 49.6 cm³/mol. The molecule has 1 rings (SSSR count). The maximum absolute atomic E-state index is 5.47. The van der Waals surface area contributed by atoms with Crippen LogP contribution in [0.25, 0.3) is 6.20 Å². The molecule has 0 radical (unpaired) electrons. The second-order valence-corrected chi connectivity index (χ2v) is 2.32. The van der Waals surface area contributed by atoms with E-state index in [4.69, 9.17) is 5.73 Å². The first-order chi connectivity index (χ1) is 5.77. The second-order valence-electron chi connectivity index (χ2n) is 2.32. The first-order valence-electron chi connectivity index (χ1n) is 3.73. The molecule has 0 aromatic carbocycles. The maximum Gasteiger partial charge on any atom is 0.139 e. The number of rotatable bonds is 3. The fourth-order valence-corrected chi connectivity index (χ4v) is 0.919. The number of nitrogens with zero attached hydrogens (tertiary/aromatic N) is 3. The Kier molecular flexibility index (Phi) is 2.63. The quantitative estimate of drug-likeness (QED) is 0.673. The lowest BCUT2D eigenvalue weighted by Crippen LogP contribution is -1.99. The Hall–Kier alpha value is -1.58. The molecule has 0 spiro atoms. The van der Waals surface area contributed by atoms with Gasteiger partial charge >= 0.3 is 0 Å². The average molecular weight is 164 g/mol. The summed E-state index contributed by atoms with van der Waals surface area (Å²) in [6.45, 7) is 5.35. The van der Waals surface area contributed by atoms with Crippen molar-refractivity contribution >= 4 is 12.9 Å². The van der Waals surface area contributed by atoms with Crippen LogP contribution < -0.4 is 5.73 Å². The molecule has 0 unspecified atom stereocenters. The SMILES string of the molecule is C=N/C(N)=C\n1ccnc1CC. The molecule has 0 aliphatic rings. The smallest absolute Gasteiger partial charge is 0.139 e. The first kappa shape index (κ1) is 8.52. The van der Waals surface area contributed by atoms with Gasteiger partial charge in [0, 0.05) is 18.8 Å². The highest BCUT2D eigenvalue weighted by atomic mass is 15.1. The zero-order chi connectivity index (χ0) is 8.97. The lowest BCUT2D eigenvalue weighted by atomic mass is 10.4. The normalized spacial score (nSPS) is 11.6. The van der Waals surface area contributed by atoms with Crippen LogP contribution in [0.2, 0.25) is 0 Å². The van der Waals surface area contributed by atoms with Crippen LogP contribution in [-0.2, 0) is 6.42 Å². The van der Waals surface area contributed by atoms with Crippen LogP contribution in [0.5, 0.6) is 0 Å². The molecule has 1 aromatic rings. The molecule has 0 bridgehead atoms. The fraction of sp³-hybridized carbons (Fsp3) is 0.250. The van der Waals surface area contributed by atoms with Crippen molar-refractivity contribution in [2.45, 2.75) is 13.3 Å². The van der Waals surface area contributed by atoms with Crippen LogP contribution in [0.15, 0.2) is 23.2 Å². The number of hydrogen-bond donors (Lipinski definition) is 1. The van der Waals surface area contributed by atoms with Gasteiger partial charge in [0.05, 0.1) is 6.20 Å². The molecule has 0 atom stereocenters. The molecule has 0 aliphatic heterocycles. The van der Waals surface area contributed by atoms with Crippen molar-refractivity contribution in [1.29, 1.82) is 0 Å². The second kappa shape index (κ2) is 3.71. The van der Waals surface area contributed by atoms with Crippen LogP contribution in [0.4, 0.5) is 0 Å². The molecule has 0 aliphatic carbocycles. The Labute approximate surface area is 71.4 Å². The molecule has 4 heteroatoms. The topological polar surface area (TPSA) is 56.2 Å². The molecule has 0 saturated heterocycles. The van der Waals surface area contributed by atoms with Crippen LogP contribution >= 0.6 is 0 Å². The minimum absolute atomic E-state index is 0.391. The third-order valence-electron chi connectivity index (χ3n) is 1.52. The summed E-state index contributed by atoms with van der Waals surface area (Å²) < 4.78 is 1.84. The summed E-state index contributed by atoms with van der Waals surface area (Å²) in [6, 6.07) is 0. The molecule has 0 saturated carbocycles. The molecule has 64 valence electrons. The molecule has 1 aromatic heterocycles. The van der Waals surface area contributed by atoms with Crippen molar-refractivity contribution in [3.05, 3.63) is 24.0 Å². The molecule has 2 N–H and O–H groups in total. The molecule has 12 heavy (non-hydrogen) atoms. The Morgan fingerprint density at radius 1 is 1.92 bits per heavy atom. The van der Waals surface area contributed by atoms with Crippen molar-refractivity contribution in [2.24, 2.45) is 10.7 Å². The molecule has 4 nitrogen and oxygen atoms in total. The highest BCUT2D eigenvalue weighted by Crippen LogP contribution is 2.00. The van der Waals surface area contributed by atoms with E-state index in [0.29, 0.717) is 5.82 Å². The average Bonchev–Trinajstić information content (AvgIpc) is 2.51. The van der Waals surface area contributed by atoms with E-state index in [0.717, 1.165) is 12.2 Å². The van der Waals surface area contributed by atoms with Gasteiger partial charge in [-0.3, -0.25) is 0 Å². The van der Waals surface area contributed by atoms with Crippen molar-refractivity contribution in [3.8, 4) is 0 Å². The van der Waals surface area contributed by atoms with Crippen LogP contribution in [-0.4, -0.2) is 16.3 Å². The molecular weight excluding hydrogens is 152 g/mol. The largest absolute Gasteiger partial charge is 0.382 e. The standard InChI is InChI=1S/C8H12N4/c1-3-8-11-4-5-12(8)6-7(9)10-2/h4-6H,2-3,9H2,1H3/b7-6-. The third kappa shape index (κ3) is 1.72. The van der Waals surface area contributed by atoms with Gasteiger partial charge in [-0.1, -0.05) is 6.92 Å². The Morgan fingerprint density at radius 2 is 2.67 bits per heavy atom. The van der Waals surface area contributed by atoms with E-state index in [2.05, 4.69) is 16.7 Å². The molecular formula is C8H12N4. The first-order valence-corrected chi connectivity index (χ1v) is 3.73. The minimum Gasteiger partial charge on any atom is -0.382 e. The molecule has 1 heterocycles. The minimum atomic E-state index is 0.391. The number of imidazole rings is 1. The van der Waals surface area contributed by atoms with E-state index in [1.807, 2.05) is 17.7 Å². The van der Waals surface area contributed by atoms with Gasteiger partial charge in [0.1, 0.15) is 11.6 Å². The van der Waals surface area contributed by atoms with E-state index in [-0.39, 0.29) is 0 Å². The third-order valence-corrected chi connectivity index (χ3v) is 1.52. The maximum atomic E-state index is 5.47. The summed E-state index contributed by atoms with van der Waals surface area (Å²) >= 11 is 0. The summed E-state index contributed by atoms with van der Waals surface area (Å²) in [5, 5.41) is 0. The summed E-state index contributed by atoms with van der Waals surface area (Å²) in [5.74, 6) is 1.35. The van der Waals surface area contributed by atoms with Gasteiger partial charge in [-0.25, -0.2) is 9.98 Å². The van der Waals surface area contributed by atoms with Crippen molar-refractivity contribution < 1.29 is 0 Å². The Morgan fingerprint density at radius 3 is 3.25 bits per heavy atom. The summed E-state index contributed by atoms with van der Waals surface area (Å²) in [7, 11) is 0. The van der Waals surface area contributed by atoms with Gasteiger partial charge < -0.3 is 10.3 Å². The monoisotopic (exact) mass is 164 g/mol. The van der Waals surface area contributed by atoms with Crippen LogP contribution in [0.3, 0.4) is 0 Å². The zero-order valence-corrected chi connectivity index (χ0v) is 7.07. The summed E-state index contributed by atoms with van der Waals surface area (Å²) in [4.78, 5) is 7.70. The number of aryl methyl sites for hydroxylation is 1. The highest BCUT2D eigenvalue weighted by molar-refractivity contribution is 5.36. The fourth-order valence-electron chi connectivity index (χ4n) is 0.919.